The molecule has 1 amide bonds. The summed E-state index contributed by atoms with van der Waals surface area (Å²) in [6.07, 6.45) is 3.10. The molecule has 4 nitrogen and oxygen atoms in total. The van der Waals surface area contributed by atoms with Crippen molar-refractivity contribution >= 4 is 5.91 Å². The number of hydrogen-bond donors (Lipinski definition) is 1. The second-order valence-corrected chi connectivity index (χ2v) is 3.73. The van der Waals surface area contributed by atoms with E-state index >= 15 is 0 Å². The monoisotopic (exact) mass is 224 g/mol. The Morgan fingerprint density at radius 2 is 2.50 bits per heavy atom. The Kier molecular flexibility index (Phi) is 3.46. The molecule has 5 heteroatoms. The molecular formula is C11H13FN2O2. The van der Waals surface area contributed by atoms with Gasteiger partial charge in [0.2, 0.25) is 5.95 Å². The van der Waals surface area contributed by atoms with Gasteiger partial charge in [0.25, 0.3) is 5.91 Å². The fourth-order valence-corrected chi connectivity index (χ4v) is 1.67. The van der Waals surface area contributed by atoms with Crippen molar-refractivity contribution in [3.63, 3.8) is 0 Å². The Hall–Kier alpha value is -1.49. The zero-order valence-corrected chi connectivity index (χ0v) is 8.78. The Labute approximate surface area is 92.8 Å². The van der Waals surface area contributed by atoms with E-state index in [9.17, 15) is 9.18 Å². The van der Waals surface area contributed by atoms with Gasteiger partial charge in [0.1, 0.15) is 0 Å². The van der Waals surface area contributed by atoms with Crippen LogP contribution in [0.2, 0.25) is 0 Å². The van der Waals surface area contributed by atoms with Crippen LogP contribution in [0.1, 0.15) is 23.2 Å². The van der Waals surface area contributed by atoms with Crippen LogP contribution in [0.15, 0.2) is 18.3 Å². The molecule has 1 unspecified atom stereocenters. The van der Waals surface area contributed by atoms with Gasteiger partial charge in [-0.25, -0.2) is 4.98 Å². The van der Waals surface area contributed by atoms with Gasteiger partial charge in [0.15, 0.2) is 0 Å². The Morgan fingerprint density at radius 3 is 3.19 bits per heavy atom. The largest absolute Gasteiger partial charge is 0.379 e. The summed E-state index contributed by atoms with van der Waals surface area (Å²) in [5.41, 5.74) is -0.0203. The lowest BCUT2D eigenvalue weighted by atomic mass is 10.1. The summed E-state index contributed by atoms with van der Waals surface area (Å²) >= 11 is 0. The van der Waals surface area contributed by atoms with Crippen LogP contribution in [0, 0.1) is 5.95 Å². The number of nitrogens with zero attached hydrogens (tertiary/aromatic N) is 1. The molecule has 0 aliphatic carbocycles. The van der Waals surface area contributed by atoms with Gasteiger partial charge in [0, 0.05) is 12.8 Å². The van der Waals surface area contributed by atoms with Gasteiger partial charge in [-0.2, -0.15) is 4.39 Å². The molecular weight excluding hydrogens is 211 g/mol. The maximum atomic E-state index is 13.2. The molecule has 0 bridgehead atoms. The lowest BCUT2D eigenvalue weighted by Crippen LogP contribution is -2.40. The van der Waals surface area contributed by atoms with Crippen LogP contribution in [-0.4, -0.2) is 30.1 Å². The topological polar surface area (TPSA) is 51.2 Å². The highest BCUT2D eigenvalue weighted by molar-refractivity contribution is 5.94. The first-order valence-corrected chi connectivity index (χ1v) is 5.26. The van der Waals surface area contributed by atoms with Crippen molar-refractivity contribution in [1.29, 1.82) is 0 Å². The number of carbonyl (C=O) groups excluding carboxylic acids is 1. The van der Waals surface area contributed by atoms with Crippen LogP contribution in [0.25, 0.3) is 0 Å². The van der Waals surface area contributed by atoms with Gasteiger partial charge in [-0.05, 0) is 25.0 Å². The second kappa shape index (κ2) is 5.03. The number of rotatable bonds is 2. The fourth-order valence-electron chi connectivity index (χ4n) is 1.67. The summed E-state index contributed by atoms with van der Waals surface area (Å²) in [6, 6.07) is 2.93. The number of amides is 1. The van der Waals surface area contributed by atoms with E-state index in [2.05, 4.69) is 10.3 Å². The van der Waals surface area contributed by atoms with E-state index in [4.69, 9.17) is 4.74 Å². The van der Waals surface area contributed by atoms with Gasteiger partial charge in [-0.1, -0.05) is 0 Å². The number of ether oxygens (including phenoxy) is 1. The molecule has 2 rings (SSSR count). The smallest absolute Gasteiger partial charge is 0.256 e. The van der Waals surface area contributed by atoms with Crippen LogP contribution in [0.5, 0.6) is 0 Å². The van der Waals surface area contributed by atoms with Gasteiger partial charge in [-0.15, -0.1) is 0 Å². The third-order valence-electron chi connectivity index (χ3n) is 2.50. The van der Waals surface area contributed by atoms with E-state index in [0.29, 0.717) is 6.61 Å². The lowest BCUT2D eigenvalue weighted by molar-refractivity contribution is 0.0622. The van der Waals surface area contributed by atoms with E-state index in [1.54, 1.807) is 0 Å². The second-order valence-electron chi connectivity index (χ2n) is 3.73. The van der Waals surface area contributed by atoms with Gasteiger partial charge in [-0.3, -0.25) is 4.79 Å². The van der Waals surface area contributed by atoms with Crippen molar-refractivity contribution < 1.29 is 13.9 Å². The fraction of sp³-hybridized carbons (Fsp3) is 0.455. The molecule has 0 aromatic carbocycles. The predicted octanol–water partition coefficient (Wildman–Crippen LogP) is 1.13. The molecule has 86 valence electrons. The third-order valence-corrected chi connectivity index (χ3v) is 2.50. The minimum absolute atomic E-state index is 0.0203. The Balaban J connectivity index is 2.00. The van der Waals surface area contributed by atoms with Gasteiger partial charge < -0.3 is 10.1 Å². The molecule has 1 atom stereocenters. The minimum atomic E-state index is -0.739. The molecule has 1 aromatic heterocycles. The molecule has 0 radical (unpaired) electrons. The number of aromatic nitrogens is 1. The third kappa shape index (κ3) is 2.55. The van der Waals surface area contributed by atoms with Crippen LogP contribution in [-0.2, 0) is 4.74 Å². The highest BCUT2D eigenvalue weighted by atomic mass is 19.1. The van der Waals surface area contributed by atoms with E-state index in [-0.39, 0.29) is 11.6 Å². The van der Waals surface area contributed by atoms with Crippen molar-refractivity contribution in [3.05, 3.63) is 29.8 Å². The van der Waals surface area contributed by atoms with Crippen molar-refractivity contribution in [2.24, 2.45) is 0 Å². The summed E-state index contributed by atoms with van der Waals surface area (Å²) in [7, 11) is 0. The normalized spacial score (nSPS) is 20.4. The molecule has 1 saturated heterocycles. The lowest BCUT2D eigenvalue weighted by Gasteiger charge is -2.23. The number of pyridine rings is 1. The maximum absolute atomic E-state index is 13.2. The van der Waals surface area contributed by atoms with Crippen molar-refractivity contribution in [1.82, 2.24) is 10.3 Å². The highest BCUT2D eigenvalue weighted by Gasteiger charge is 2.19. The molecule has 2 heterocycles. The number of halogens is 1. The quantitative estimate of drug-likeness (QED) is 0.766. The zero-order valence-electron chi connectivity index (χ0n) is 8.78. The molecule has 16 heavy (non-hydrogen) atoms. The van der Waals surface area contributed by atoms with Crippen molar-refractivity contribution in [2.75, 3.05) is 13.2 Å². The predicted molar refractivity (Wildman–Crippen MR) is 55.5 cm³/mol. The molecule has 1 fully saturated rings. The summed E-state index contributed by atoms with van der Waals surface area (Å²) in [4.78, 5) is 15.1. The maximum Gasteiger partial charge on any atom is 0.256 e. The molecule has 1 aromatic rings. The van der Waals surface area contributed by atoms with E-state index in [1.165, 1.54) is 18.3 Å². The summed E-state index contributed by atoms with van der Waals surface area (Å²) < 4.78 is 18.4. The molecule has 1 N–H and O–H groups in total. The van der Waals surface area contributed by atoms with Crippen LogP contribution < -0.4 is 5.32 Å². The minimum Gasteiger partial charge on any atom is -0.379 e. The van der Waals surface area contributed by atoms with Crippen LogP contribution in [0.4, 0.5) is 4.39 Å². The van der Waals surface area contributed by atoms with E-state index in [1.807, 2.05) is 0 Å². The first-order valence-electron chi connectivity index (χ1n) is 5.26. The molecule has 1 aliphatic heterocycles. The van der Waals surface area contributed by atoms with Crippen LogP contribution in [0.3, 0.4) is 0 Å². The number of nitrogens with one attached hydrogen (secondary N) is 1. The number of hydrogen-bond acceptors (Lipinski definition) is 3. The Bertz CT molecular complexity index is 378. The van der Waals surface area contributed by atoms with E-state index < -0.39 is 11.9 Å². The van der Waals surface area contributed by atoms with E-state index in [0.717, 1.165) is 19.4 Å². The number of carbonyl (C=O) groups is 1. The highest BCUT2D eigenvalue weighted by Crippen LogP contribution is 2.08. The van der Waals surface area contributed by atoms with Gasteiger partial charge in [0.05, 0.1) is 18.2 Å². The molecule has 0 saturated carbocycles. The molecule has 1 aliphatic rings. The average Bonchev–Trinajstić information content (AvgIpc) is 2.31. The summed E-state index contributed by atoms with van der Waals surface area (Å²) in [5.74, 6) is -1.17. The van der Waals surface area contributed by atoms with Crippen LogP contribution >= 0.6 is 0 Å². The van der Waals surface area contributed by atoms with Crippen molar-refractivity contribution in [2.45, 2.75) is 18.9 Å². The first kappa shape index (κ1) is 11.0. The molecule has 0 spiro atoms. The van der Waals surface area contributed by atoms with Gasteiger partial charge >= 0.3 is 0 Å². The first-order chi connectivity index (χ1) is 7.77. The summed E-state index contributed by atoms with van der Waals surface area (Å²) in [6.45, 7) is 1.22. The Morgan fingerprint density at radius 1 is 1.62 bits per heavy atom. The standard InChI is InChI=1S/C11H13FN2O2/c12-10-9(4-1-5-13-10)11(15)14-8-3-2-6-16-7-8/h1,4-5,8H,2-3,6-7H2,(H,14,15). The average molecular weight is 224 g/mol. The zero-order chi connectivity index (χ0) is 11.4. The van der Waals surface area contributed by atoms with Crippen molar-refractivity contribution in [3.8, 4) is 0 Å². The SMILES string of the molecule is O=C(NC1CCCOC1)c1cccnc1F. The summed E-state index contributed by atoms with van der Waals surface area (Å²) in [5, 5.41) is 2.73.